The summed E-state index contributed by atoms with van der Waals surface area (Å²) in [6.45, 7) is 5.60. The number of nitrogens with zero attached hydrogens (tertiary/aromatic N) is 1. The zero-order valence-electron chi connectivity index (χ0n) is 6.59. The molecule has 0 spiro atoms. The molecule has 1 rings (SSSR count). The van der Waals surface area contributed by atoms with Gasteiger partial charge in [-0.2, -0.15) is 0 Å². The zero-order valence-corrected chi connectivity index (χ0v) is 6.59. The van der Waals surface area contributed by atoms with Crippen LogP contribution in [-0.4, -0.2) is 11.5 Å². The lowest BCUT2D eigenvalue weighted by molar-refractivity contribution is 0.692. The molecule has 1 aromatic rings. The largest absolute Gasteiger partial charge is 0.313 e. The van der Waals surface area contributed by atoms with E-state index in [0.29, 0.717) is 0 Å². The van der Waals surface area contributed by atoms with Gasteiger partial charge in [0.2, 0.25) is 0 Å². The van der Waals surface area contributed by atoms with Crippen molar-refractivity contribution in [1.29, 1.82) is 0 Å². The molecule has 2 nitrogen and oxygen atoms in total. The van der Waals surface area contributed by atoms with Gasteiger partial charge in [0, 0.05) is 18.9 Å². The van der Waals surface area contributed by atoms with Crippen LogP contribution in [-0.2, 0) is 6.54 Å². The first-order chi connectivity index (χ1) is 5.43. The van der Waals surface area contributed by atoms with Crippen molar-refractivity contribution in [3.63, 3.8) is 0 Å². The molecule has 0 aliphatic rings. The van der Waals surface area contributed by atoms with E-state index in [1.54, 1.807) is 6.20 Å². The van der Waals surface area contributed by atoms with E-state index < -0.39 is 0 Å². The fourth-order valence-electron chi connectivity index (χ4n) is 0.860. The summed E-state index contributed by atoms with van der Waals surface area (Å²) >= 11 is 0. The van der Waals surface area contributed by atoms with Gasteiger partial charge in [0.25, 0.3) is 0 Å². The molecule has 0 aliphatic heterocycles. The normalized spacial score (nSPS) is 9.91. The Hall–Kier alpha value is -0.890. The van der Waals surface area contributed by atoms with E-state index in [4.69, 9.17) is 0 Å². The molecule has 0 saturated heterocycles. The maximum atomic E-state index is 4.01. The van der Waals surface area contributed by atoms with Crippen molar-refractivity contribution in [2.75, 3.05) is 6.54 Å². The Labute approximate surface area is 67.7 Å². The van der Waals surface area contributed by atoms with Crippen LogP contribution in [0.4, 0.5) is 0 Å². The van der Waals surface area contributed by atoms with Crippen LogP contribution in [0.25, 0.3) is 0 Å². The average molecular weight is 149 g/mol. The van der Waals surface area contributed by atoms with Crippen LogP contribution in [0.5, 0.6) is 0 Å². The van der Waals surface area contributed by atoms with Gasteiger partial charge in [-0.3, -0.25) is 4.98 Å². The minimum Gasteiger partial charge on any atom is -0.313 e. The first kappa shape index (κ1) is 8.21. The van der Waals surface area contributed by atoms with Crippen molar-refractivity contribution in [2.45, 2.75) is 13.0 Å². The lowest BCUT2D eigenvalue weighted by Gasteiger charge is -2.00. The molecule has 1 heterocycles. The van der Waals surface area contributed by atoms with Gasteiger partial charge in [-0.25, -0.2) is 0 Å². The van der Waals surface area contributed by atoms with Gasteiger partial charge in [0.15, 0.2) is 0 Å². The molecule has 2 heteroatoms. The number of rotatable bonds is 4. The summed E-state index contributed by atoms with van der Waals surface area (Å²) in [4.78, 5) is 4.01. The molecule has 11 heavy (non-hydrogen) atoms. The van der Waals surface area contributed by atoms with Crippen molar-refractivity contribution in [3.8, 4) is 0 Å². The predicted octanol–water partition coefficient (Wildman–Crippen LogP) is 1.40. The highest BCUT2D eigenvalue weighted by molar-refractivity contribution is 5.07. The minimum absolute atomic E-state index is 0.892. The van der Waals surface area contributed by atoms with Crippen molar-refractivity contribution in [1.82, 2.24) is 10.3 Å². The van der Waals surface area contributed by atoms with E-state index in [-0.39, 0.29) is 0 Å². The highest BCUT2D eigenvalue weighted by Gasteiger charge is 1.88. The molecule has 0 bridgehead atoms. The number of nitrogens with one attached hydrogen (secondary N) is 1. The molecule has 1 N–H and O–H groups in total. The van der Waals surface area contributed by atoms with Crippen LogP contribution in [0.15, 0.2) is 24.5 Å². The lowest BCUT2D eigenvalue weighted by Crippen LogP contribution is -2.13. The Balaban J connectivity index is 2.28. The molecule has 59 valence electrons. The van der Waals surface area contributed by atoms with Gasteiger partial charge in [-0.05, 0) is 24.6 Å². The third-order valence-corrected chi connectivity index (χ3v) is 1.41. The molecule has 0 aromatic carbocycles. The van der Waals surface area contributed by atoms with E-state index in [1.807, 2.05) is 12.3 Å². The second-order valence-electron chi connectivity index (χ2n) is 2.39. The van der Waals surface area contributed by atoms with Gasteiger partial charge in [0.1, 0.15) is 0 Å². The van der Waals surface area contributed by atoms with Gasteiger partial charge in [-0.1, -0.05) is 13.0 Å². The molecule has 1 radical (unpaired) electrons. The molecular weight excluding hydrogens is 136 g/mol. The number of pyridine rings is 1. The van der Waals surface area contributed by atoms with Crippen molar-refractivity contribution in [3.05, 3.63) is 37.0 Å². The van der Waals surface area contributed by atoms with E-state index in [9.17, 15) is 0 Å². The molecular formula is C9H13N2. The number of hydrogen-bond donors (Lipinski definition) is 1. The first-order valence-corrected chi connectivity index (χ1v) is 3.82. The van der Waals surface area contributed by atoms with Crippen LogP contribution in [0.1, 0.15) is 12.0 Å². The van der Waals surface area contributed by atoms with Crippen molar-refractivity contribution in [2.24, 2.45) is 0 Å². The van der Waals surface area contributed by atoms with Crippen LogP contribution >= 0.6 is 0 Å². The maximum absolute atomic E-state index is 4.01. The third kappa shape index (κ3) is 3.14. The van der Waals surface area contributed by atoms with Gasteiger partial charge in [-0.15, -0.1) is 0 Å². The summed E-state index contributed by atoms with van der Waals surface area (Å²) in [5.41, 5.74) is 1.22. The summed E-state index contributed by atoms with van der Waals surface area (Å²) in [6, 6.07) is 4.00. The monoisotopic (exact) mass is 149 g/mol. The van der Waals surface area contributed by atoms with Crippen LogP contribution in [0, 0.1) is 6.92 Å². The van der Waals surface area contributed by atoms with E-state index in [1.165, 1.54) is 5.56 Å². The summed E-state index contributed by atoms with van der Waals surface area (Å²) in [6.07, 6.45) is 4.58. The molecule has 0 aliphatic carbocycles. The van der Waals surface area contributed by atoms with E-state index >= 15 is 0 Å². The Morgan fingerprint density at radius 3 is 3.09 bits per heavy atom. The van der Waals surface area contributed by atoms with E-state index in [0.717, 1.165) is 19.5 Å². The molecule has 0 saturated carbocycles. The quantitative estimate of drug-likeness (QED) is 0.654. The summed E-state index contributed by atoms with van der Waals surface area (Å²) in [5, 5.41) is 3.25. The Morgan fingerprint density at radius 2 is 2.45 bits per heavy atom. The highest BCUT2D eigenvalue weighted by atomic mass is 14.8. The maximum Gasteiger partial charge on any atom is 0.0312 e. The Kier molecular flexibility index (Phi) is 3.62. The second kappa shape index (κ2) is 4.85. The zero-order chi connectivity index (χ0) is 7.94. The number of hydrogen-bond acceptors (Lipinski definition) is 2. The van der Waals surface area contributed by atoms with Gasteiger partial charge in [0.05, 0.1) is 0 Å². The minimum atomic E-state index is 0.892. The molecule has 0 unspecified atom stereocenters. The summed E-state index contributed by atoms with van der Waals surface area (Å²) in [7, 11) is 0. The smallest absolute Gasteiger partial charge is 0.0312 e. The highest BCUT2D eigenvalue weighted by Crippen LogP contribution is 1.93. The number of aromatic nitrogens is 1. The van der Waals surface area contributed by atoms with Gasteiger partial charge >= 0.3 is 0 Å². The fraction of sp³-hybridized carbons (Fsp3) is 0.333. The Bertz CT molecular complexity index is 184. The fourth-order valence-corrected chi connectivity index (χ4v) is 0.860. The van der Waals surface area contributed by atoms with Crippen LogP contribution in [0.2, 0.25) is 0 Å². The lowest BCUT2D eigenvalue weighted by atomic mass is 10.3. The molecule has 0 atom stereocenters. The van der Waals surface area contributed by atoms with Gasteiger partial charge < -0.3 is 5.32 Å². The second-order valence-corrected chi connectivity index (χ2v) is 2.39. The predicted molar refractivity (Wildman–Crippen MR) is 45.9 cm³/mol. The molecule has 1 aromatic heterocycles. The Morgan fingerprint density at radius 1 is 1.55 bits per heavy atom. The van der Waals surface area contributed by atoms with Crippen molar-refractivity contribution < 1.29 is 0 Å². The van der Waals surface area contributed by atoms with Crippen LogP contribution in [0.3, 0.4) is 0 Å². The average Bonchev–Trinajstić information content (AvgIpc) is 2.07. The summed E-state index contributed by atoms with van der Waals surface area (Å²) < 4.78 is 0. The molecule has 0 fully saturated rings. The standard InChI is InChI=1S/C9H13N2/c1-2-5-10-7-9-4-3-6-11-8-9/h3-4,6,8,10H,1-2,5,7H2. The first-order valence-electron chi connectivity index (χ1n) is 3.82. The SMILES string of the molecule is [CH2]CCNCc1cccnc1. The van der Waals surface area contributed by atoms with E-state index in [2.05, 4.69) is 23.3 Å². The third-order valence-electron chi connectivity index (χ3n) is 1.41. The molecule has 0 amide bonds. The topological polar surface area (TPSA) is 24.9 Å². The summed E-state index contributed by atoms with van der Waals surface area (Å²) in [5.74, 6) is 0. The van der Waals surface area contributed by atoms with Crippen molar-refractivity contribution >= 4 is 0 Å². The van der Waals surface area contributed by atoms with Crippen LogP contribution < -0.4 is 5.32 Å².